The van der Waals surface area contributed by atoms with Gasteiger partial charge in [0.1, 0.15) is 0 Å². The summed E-state index contributed by atoms with van der Waals surface area (Å²) < 4.78 is 5.40. The Bertz CT molecular complexity index is 353. The van der Waals surface area contributed by atoms with Gasteiger partial charge in [0.2, 0.25) is 0 Å². The summed E-state index contributed by atoms with van der Waals surface area (Å²) in [6.07, 6.45) is 2.26. The van der Waals surface area contributed by atoms with Gasteiger partial charge in [-0.15, -0.1) is 0 Å². The van der Waals surface area contributed by atoms with Crippen molar-refractivity contribution in [1.29, 1.82) is 0 Å². The topological polar surface area (TPSA) is 38.3 Å². The molecular formula is C13H17NO2. The van der Waals surface area contributed by atoms with Crippen LogP contribution in [0.3, 0.4) is 0 Å². The average molecular weight is 219 g/mol. The first-order valence-electron chi connectivity index (χ1n) is 5.71. The number of ether oxygens (including phenoxy) is 1. The Kier molecular flexibility index (Phi) is 3.57. The predicted molar refractivity (Wildman–Crippen MR) is 63.9 cm³/mol. The van der Waals surface area contributed by atoms with E-state index in [4.69, 9.17) is 4.74 Å². The van der Waals surface area contributed by atoms with Gasteiger partial charge in [-0.3, -0.25) is 4.79 Å². The molecule has 1 heterocycles. The molecule has 86 valence electrons. The van der Waals surface area contributed by atoms with E-state index < -0.39 is 0 Å². The molecule has 1 atom stereocenters. The normalized spacial score (nSPS) is 20.4. The van der Waals surface area contributed by atoms with E-state index in [9.17, 15) is 4.79 Å². The van der Waals surface area contributed by atoms with Crippen LogP contribution in [0.2, 0.25) is 0 Å². The van der Waals surface area contributed by atoms with Crippen LogP contribution < -0.4 is 5.32 Å². The maximum Gasteiger partial charge on any atom is 0.159 e. The van der Waals surface area contributed by atoms with Gasteiger partial charge in [-0.25, -0.2) is 0 Å². The first-order valence-corrected chi connectivity index (χ1v) is 5.71. The van der Waals surface area contributed by atoms with Crippen molar-refractivity contribution in [1.82, 2.24) is 0 Å². The lowest BCUT2D eigenvalue weighted by Crippen LogP contribution is -2.29. The molecule has 3 heteroatoms. The second kappa shape index (κ2) is 5.12. The fourth-order valence-electron chi connectivity index (χ4n) is 1.89. The number of ketones is 1. The van der Waals surface area contributed by atoms with Gasteiger partial charge in [0, 0.05) is 23.9 Å². The summed E-state index contributed by atoms with van der Waals surface area (Å²) in [4.78, 5) is 11.1. The van der Waals surface area contributed by atoms with Crippen molar-refractivity contribution in [3.8, 4) is 0 Å². The van der Waals surface area contributed by atoms with Gasteiger partial charge in [0.15, 0.2) is 5.78 Å². The Morgan fingerprint density at radius 1 is 1.38 bits per heavy atom. The zero-order valence-electron chi connectivity index (χ0n) is 9.53. The second-order valence-electron chi connectivity index (χ2n) is 4.19. The predicted octanol–water partition coefficient (Wildman–Crippen LogP) is 2.48. The van der Waals surface area contributed by atoms with E-state index in [-0.39, 0.29) is 5.78 Å². The molecule has 1 aliphatic rings. The van der Waals surface area contributed by atoms with Crippen LogP contribution in [0.1, 0.15) is 30.1 Å². The van der Waals surface area contributed by atoms with Gasteiger partial charge in [0.05, 0.1) is 6.61 Å². The molecule has 16 heavy (non-hydrogen) atoms. The van der Waals surface area contributed by atoms with Crippen molar-refractivity contribution >= 4 is 11.5 Å². The maximum atomic E-state index is 11.1. The third-order valence-corrected chi connectivity index (χ3v) is 2.82. The summed E-state index contributed by atoms with van der Waals surface area (Å²) >= 11 is 0. The molecule has 0 aromatic heterocycles. The fourth-order valence-corrected chi connectivity index (χ4v) is 1.89. The molecule has 3 nitrogen and oxygen atoms in total. The monoisotopic (exact) mass is 219 g/mol. The first kappa shape index (κ1) is 11.1. The molecule has 0 amide bonds. The number of hydrogen-bond acceptors (Lipinski definition) is 3. The fraction of sp³-hybridized carbons (Fsp3) is 0.462. The largest absolute Gasteiger partial charge is 0.380 e. The highest BCUT2D eigenvalue weighted by Crippen LogP contribution is 2.15. The van der Waals surface area contributed by atoms with Gasteiger partial charge >= 0.3 is 0 Å². The van der Waals surface area contributed by atoms with Gasteiger partial charge in [-0.2, -0.15) is 0 Å². The third-order valence-electron chi connectivity index (χ3n) is 2.82. The highest BCUT2D eigenvalue weighted by molar-refractivity contribution is 5.94. The number of hydrogen-bond donors (Lipinski definition) is 1. The minimum Gasteiger partial charge on any atom is -0.380 e. The molecule has 1 aromatic rings. The maximum absolute atomic E-state index is 11.1. The Morgan fingerprint density at radius 3 is 2.69 bits per heavy atom. The zero-order chi connectivity index (χ0) is 11.4. The number of benzene rings is 1. The molecule has 2 rings (SSSR count). The van der Waals surface area contributed by atoms with Crippen LogP contribution in [0.25, 0.3) is 0 Å². The molecule has 1 N–H and O–H groups in total. The Hall–Kier alpha value is -1.35. The second-order valence-corrected chi connectivity index (χ2v) is 4.19. The number of anilines is 1. The van der Waals surface area contributed by atoms with Gasteiger partial charge < -0.3 is 10.1 Å². The molecule has 0 radical (unpaired) electrons. The smallest absolute Gasteiger partial charge is 0.159 e. The van der Waals surface area contributed by atoms with Crippen molar-refractivity contribution in [2.75, 3.05) is 18.5 Å². The van der Waals surface area contributed by atoms with Crippen molar-refractivity contribution in [3.63, 3.8) is 0 Å². The Morgan fingerprint density at radius 2 is 2.12 bits per heavy atom. The van der Waals surface area contributed by atoms with E-state index in [0.717, 1.165) is 37.3 Å². The van der Waals surface area contributed by atoms with Gasteiger partial charge in [0.25, 0.3) is 0 Å². The summed E-state index contributed by atoms with van der Waals surface area (Å²) in [7, 11) is 0. The van der Waals surface area contributed by atoms with Gasteiger partial charge in [-0.1, -0.05) is 0 Å². The molecule has 0 spiro atoms. The Labute approximate surface area is 95.8 Å². The molecule has 0 bridgehead atoms. The van der Waals surface area contributed by atoms with Crippen LogP contribution >= 0.6 is 0 Å². The third kappa shape index (κ3) is 2.83. The quantitative estimate of drug-likeness (QED) is 0.794. The molecule has 1 aromatic carbocycles. The van der Waals surface area contributed by atoms with E-state index in [0.29, 0.717) is 6.04 Å². The van der Waals surface area contributed by atoms with E-state index in [2.05, 4.69) is 5.32 Å². The van der Waals surface area contributed by atoms with Crippen LogP contribution in [0.5, 0.6) is 0 Å². The molecular weight excluding hydrogens is 202 g/mol. The van der Waals surface area contributed by atoms with Gasteiger partial charge in [-0.05, 0) is 44.0 Å². The van der Waals surface area contributed by atoms with Crippen LogP contribution in [0, 0.1) is 0 Å². The van der Waals surface area contributed by atoms with Crippen LogP contribution in [0.4, 0.5) is 5.69 Å². The van der Waals surface area contributed by atoms with Crippen LogP contribution in [-0.2, 0) is 4.74 Å². The lowest BCUT2D eigenvalue weighted by Gasteiger charge is -2.24. The van der Waals surface area contributed by atoms with Crippen molar-refractivity contribution in [2.45, 2.75) is 25.8 Å². The number of carbonyl (C=O) groups excluding carboxylic acids is 1. The molecule has 0 saturated carbocycles. The standard InChI is InChI=1S/C13H17NO2/c1-10(15)11-4-6-12(7-5-11)14-13-3-2-8-16-9-13/h4-7,13-14H,2-3,8-9H2,1H3. The summed E-state index contributed by atoms with van der Waals surface area (Å²) in [5.41, 5.74) is 1.81. The highest BCUT2D eigenvalue weighted by Gasteiger charge is 2.13. The first-order chi connectivity index (χ1) is 7.75. The SMILES string of the molecule is CC(=O)c1ccc(NC2CCCOC2)cc1. The van der Waals surface area contributed by atoms with E-state index >= 15 is 0 Å². The molecule has 0 aliphatic carbocycles. The Balaban J connectivity index is 1.96. The highest BCUT2D eigenvalue weighted by atomic mass is 16.5. The number of carbonyl (C=O) groups is 1. The summed E-state index contributed by atoms with van der Waals surface area (Å²) in [6.45, 7) is 3.23. The van der Waals surface area contributed by atoms with E-state index in [1.807, 2.05) is 24.3 Å². The van der Waals surface area contributed by atoms with E-state index in [1.165, 1.54) is 0 Å². The average Bonchev–Trinajstić information content (AvgIpc) is 2.31. The lowest BCUT2D eigenvalue weighted by atomic mass is 10.1. The van der Waals surface area contributed by atoms with Crippen molar-refractivity contribution < 1.29 is 9.53 Å². The summed E-state index contributed by atoms with van der Waals surface area (Å²) in [5, 5.41) is 3.41. The molecule has 1 unspecified atom stereocenters. The lowest BCUT2D eigenvalue weighted by molar-refractivity contribution is 0.0876. The van der Waals surface area contributed by atoms with Crippen molar-refractivity contribution in [3.05, 3.63) is 29.8 Å². The summed E-state index contributed by atoms with van der Waals surface area (Å²) in [6, 6.07) is 8.01. The zero-order valence-corrected chi connectivity index (χ0v) is 9.53. The number of nitrogens with one attached hydrogen (secondary N) is 1. The van der Waals surface area contributed by atoms with Crippen molar-refractivity contribution in [2.24, 2.45) is 0 Å². The summed E-state index contributed by atoms with van der Waals surface area (Å²) in [5.74, 6) is 0.104. The number of Topliss-reactive ketones (excluding diaryl/α,β-unsaturated/α-hetero) is 1. The minimum absolute atomic E-state index is 0.104. The van der Waals surface area contributed by atoms with Crippen LogP contribution in [0.15, 0.2) is 24.3 Å². The van der Waals surface area contributed by atoms with E-state index in [1.54, 1.807) is 6.92 Å². The molecule has 1 aliphatic heterocycles. The minimum atomic E-state index is 0.104. The molecule has 1 fully saturated rings. The number of rotatable bonds is 3. The molecule has 1 saturated heterocycles. The van der Waals surface area contributed by atoms with Crippen LogP contribution in [-0.4, -0.2) is 25.0 Å².